The normalized spacial score (nSPS) is 13.5. The van der Waals surface area contributed by atoms with E-state index in [2.05, 4.69) is 0 Å². The van der Waals surface area contributed by atoms with Gasteiger partial charge in [-0.05, 0) is 60.1 Å². The van der Waals surface area contributed by atoms with Crippen molar-refractivity contribution >= 4 is 93.0 Å². The van der Waals surface area contributed by atoms with Crippen molar-refractivity contribution < 1.29 is 64.1 Å². The van der Waals surface area contributed by atoms with Crippen LogP contribution >= 0.6 is 0 Å². The molecule has 4 unspecified atom stereocenters. The molecule has 0 heterocycles. The van der Waals surface area contributed by atoms with Crippen LogP contribution in [0, 0.1) is 23.7 Å². The minimum absolute atomic E-state index is 0. The van der Waals surface area contributed by atoms with Crippen molar-refractivity contribution in [2.45, 2.75) is 90.9 Å². The van der Waals surface area contributed by atoms with E-state index >= 15 is 0 Å². The molecule has 2 aromatic carbocycles. The molecule has 0 aliphatic carbocycles. The van der Waals surface area contributed by atoms with Gasteiger partial charge in [-0.2, -0.15) is 0 Å². The molecule has 0 aliphatic rings. The van der Waals surface area contributed by atoms with Gasteiger partial charge in [0.15, 0.2) is 0 Å². The van der Waals surface area contributed by atoms with Gasteiger partial charge in [-0.15, -0.1) is 0 Å². The van der Waals surface area contributed by atoms with Crippen LogP contribution in [0.5, 0.6) is 0 Å². The Kier molecular flexibility index (Phi) is 23.2. The van der Waals surface area contributed by atoms with Crippen molar-refractivity contribution in [3.8, 4) is 0 Å². The second kappa shape index (κ2) is 24.3. The molecule has 0 saturated carbocycles. The smallest absolute Gasteiger partial charge is 0.744 e. The summed E-state index contributed by atoms with van der Waals surface area (Å²) < 4.78 is 88.0. The van der Waals surface area contributed by atoms with Crippen LogP contribution in [0.2, 0.25) is 0 Å². The molecule has 0 amide bonds. The van der Waals surface area contributed by atoms with Crippen molar-refractivity contribution in [3.05, 3.63) is 58.7 Å². The average molecular weight is 908 g/mol. The molecule has 292 valence electrons. The van der Waals surface area contributed by atoms with Crippen molar-refractivity contribution in [3.63, 3.8) is 0 Å². The number of hydrogen-bond acceptors (Lipinski definition) is 14. The Morgan fingerprint density at radius 2 is 0.717 bits per heavy atom. The quantitative estimate of drug-likeness (QED) is 0.0768. The molecule has 0 saturated heterocycles. The molecule has 2 rings (SSSR count). The van der Waals surface area contributed by atoms with Crippen molar-refractivity contribution in [2.24, 2.45) is 23.7 Å². The fraction of sp³-hybridized carbons (Fsp3) is 0.556. The minimum Gasteiger partial charge on any atom is -0.744 e. The van der Waals surface area contributed by atoms with Gasteiger partial charge in [-0.1, -0.05) is 81.1 Å². The molecule has 0 fully saturated rings. The second-order valence-corrected chi connectivity index (χ2v) is 15.5. The molecule has 17 heteroatoms. The summed E-state index contributed by atoms with van der Waals surface area (Å²) in [6, 6.07) is 5.89. The zero-order valence-electron chi connectivity index (χ0n) is 31.7. The van der Waals surface area contributed by atoms with Gasteiger partial charge in [-0.25, -0.2) is 36.0 Å². The second-order valence-electron chi connectivity index (χ2n) is 12.8. The summed E-state index contributed by atoms with van der Waals surface area (Å²) in [7, 11) is -9.55. The van der Waals surface area contributed by atoms with Gasteiger partial charge < -0.3 is 28.1 Å². The summed E-state index contributed by atoms with van der Waals surface area (Å²) in [6.45, 7) is 15.9. The average Bonchev–Trinajstić information content (AvgIpc) is 3.12. The summed E-state index contributed by atoms with van der Waals surface area (Å²) >= 11 is 0. The number of rotatable bonds is 18. The first-order valence-electron chi connectivity index (χ1n) is 17.1. The standard InChI is InChI=1S/2C18H26O7S.Ba/c2*1-5-12(3)10-24-17(19)15-8-7-14(26(21,22)23)9-16(15)18(20)25-11-13(4)6-2;/h2*7-9,12-13H,5-6,10-11H2,1-4H3,(H,21,22,23);/q;;+2/p-2. The fourth-order valence-corrected chi connectivity index (χ4v) is 4.70. The molecule has 0 aromatic heterocycles. The Balaban J connectivity index is 0.00000100. The first-order valence-corrected chi connectivity index (χ1v) is 19.9. The van der Waals surface area contributed by atoms with E-state index in [9.17, 15) is 45.1 Å². The maximum atomic E-state index is 12.3. The van der Waals surface area contributed by atoms with Gasteiger partial charge in [0, 0.05) is 0 Å². The van der Waals surface area contributed by atoms with Crippen LogP contribution in [0.25, 0.3) is 0 Å². The predicted octanol–water partition coefficient (Wildman–Crippen LogP) is 5.61. The van der Waals surface area contributed by atoms with Gasteiger partial charge in [0.1, 0.15) is 20.2 Å². The molecular formula is C36H50BaO14S2. The first-order chi connectivity index (χ1) is 24.2. The topological polar surface area (TPSA) is 220 Å². The van der Waals surface area contributed by atoms with Gasteiger partial charge in [0.05, 0.1) is 58.5 Å². The third-order valence-corrected chi connectivity index (χ3v) is 9.89. The summed E-state index contributed by atoms with van der Waals surface area (Å²) in [6.07, 6.45) is 3.19. The van der Waals surface area contributed by atoms with E-state index in [-0.39, 0.29) is 121 Å². The number of carbonyl (C=O) groups excluding carboxylic acids is 4. The monoisotopic (exact) mass is 908 g/mol. The third kappa shape index (κ3) is 17.8. The summed E-state index contributed by atoms with van der Waals surface area (Å²) in [5.74, 6) is -2.79. The van der Waals surface area contributed by atoms with Crippen molar-refractivity contribution in [2.75, 3.05) is 26.4 Å². The Morgan fingerprint density at radius 3 is 0.925 bits per heavy atom. The van der Waals surface area contributed by atoms with E-state index in [0.717, 1.165) is 62.1 Å². The van der Waals surface area contributed by atoms with Crippen molar-refractivity contribution in [1.29, 1.82) is 0 Å². The maximum Gasteiger partial charge on any atom is 2.00 e. The van der Waals surface area contributed by atoms with Crippen LogP contribution in [-0.4, -0.2) is 125 Å². The molecule has 0 bridgehead atoms. The molecule has 53 heavy (non-hydrogen) atoms. The Hall–Kier alpha value is -2.29. The van der Waals surface area contributed by atoms with E-state index in [1.54, 1.807) is 0 Å². The van der Waals surface area contributed by atoms with Gasteiger partial charge >= 0.3 is 72.8 Å². The van der Waals surface area contributed by atoms with Crippen LogP contribution in [0.15, 0.2) is 46.2 Å². The largest absolute Gasteiger partial charge is 2.00 e. The van der Waals surface area contributed by atoms with Crippen LogP contribution in [-0.2, 0) is 39.2 Å². The zero-order valence-corrected chi connectivity index (χ0v) is 37.7. The number of esters is 4. The molecule has 4 atom stereocenters. The first kappa shape index (κ1) is 50.7. The Labute approximate surface area is 353 Å². The maximum absolute atomic E-state index is 12.3. The molecule has 0 radical (unpaired) electrons. The van der Waals surface area contributed by atoms with Gasteiger partial charge in [0.25, 0.3) is 0 Å². The number of ether oxygens (including phenoxy) is 4. The van der Waals surface area contributed by atoms with Crippen LogP contribution in [0.4, 0.5) is 0 Å². The number of hydrogen-bond donors (Lipinski definition) is 0. The van der Waals surface area contributed by atoms with E-state index in [4.69, 9.17) is 18.9 Å². The van der Waals surface area contributed by atoms with E-state index in [0.29, 0.717) is 0 Å². The van der Waals surface area contributed by atoms with Crippen LogP contribution in [0.1, 0.15) is 123 Å². The molecular weight excluding hydrogens is 858 g/mol. The molecule has 14 nitrogen and oxygen atoms in total. The summed E-state index contributed by atoms with van der Waals surface area (Å²) in [4.78, 5) is 48.0. The number of benzene rings is 2. The van der Waals surface area contributed by atoms with Crippen LogP contribution < -0.4 is 0 Å². The molecule has 2 aromatic rings. The molecule has 0 N–H and O–H groups in total. The van der Waals surface area contributed by atoms with Gasteiger partial charge in [-0.3, -0.25) is 0 Å². The van der Waals surface area contributed by atoms with E-state index in [1.807, 2.05) is 55.4 Å². The molecule has 0 spiro atoms. The Morgan fingerprint density at radius 1 is 0.491 bits per heavy atom. The number of carbonyl (C=O) groups is 4. The van der Waals surface area contributed by atoms with E-state index in [1.165, 1.54) is 0 Å². The zero-order chi connectivity index (χ0) is 39.8. The van der Waals surface area contributed by atoms with Crippen LogP contribution in [0.3, 0.4) is 0 Å². The third-order valence-electron chi connectivity index (χ3n) is 8.22. The van der Waals surface area contributed by atoms with Gasteiger partial charge in [0.2, 0.25) is 0 Å². The van der Waals surface area contributed by atoms with E-state index < -0.39 is 53.9 Å². The molecule has 0 aliphatic heterocycles. The Bertz CT molecular complexity index is 1610. The minimum atomic E-state index is -4.78. The predicted molar refractivity (Wildman–Crippen MR) is 194 cm³/mol. The SMILES string of the molecule is CCC(C)COC(=O)c1ccc(S(=O)(=O)[O-])cc1C(=O)OCC(C)CC.CCC(C)COC(=O)c1ccc(S(=O)(=O)[O-])cc1C(=O)OCC(C)CC.[Ba+2]. The fourth-order valence-electron chi connectivity index (χ4n) is 3.71. The van der Waals surface area contributed by atoms with Crippen molar-refractivity contribution in [1.82, 2.24) is 0 Å². The summed E-state index contributed by atoms with van der Waals surface area (Å²) in [5, 5.41) is 0. The summed E-state index contributed by atoms with van der Waals surface area (Å²) in [5.41, 5.74) is -0.844.